The molecule has 78 valence electrons. The van der Waals surface area contributed by atoms with Crippen molar-refractivity contribution in [2.75, 3.05) is 20.5 Å². The molecule has 0 saturated heterocycles. The van der Waals surface area contributed by atoms with E-state index in [-0.39, 0.29) is 5.75 Å². The van der Waals surface area contributed by atoms with Gasteiger partial charge < -0.3 is 14.6 Å². The van der Waals surface area contributed by atoms with Gasteiger partial charge in [0.1, 0.15) is 5.75 Å². The first-order chi connectivity index (χ1) is 6.65. The first-order valence-corrected chi connectivity index (χ1v) is 5.36. The van der Waals surface area contributed by atoms with Crippen LogP contribution in [-0.4, -0.2) is 25.6 Å². The van der Waals surface area contributed by atoms with E-state index in [9.17, 15) is 5.11 Å². The summed E-state index contributed by atoms with van der Waals surface area (Å²) < 4.78 is 10.4. The van der Waals surface area contributed by atoms with Gasteiger partial charge in [0.05, 0.1) is 19.1 Å². The van der Waals surface area contributed by atoms with Crippen molar-refractivity contribution in [3.63, 3.8) is 0 Å². The van der Waals surface area contributed by atoms with Crippen LogP contribution in [0.25, 0.3) is 0 Å². The largest absolute Gasteiger partial charge is 0.507 e. The van der Waals surface area contributed by atoms with Crippen LogP contribution in [0, 0.1) is 6.92 Å². The summed E-state index contributed by atoms with van der Waals surface area (Å²) in [5.41, 5.74) is 0.861. The van der Waals surface area contributed by atoms with E-state index in [0.29, 0.717) is 16.4 Å². The summed E-state index contributed by atoms with van der Waals surface area (Å²) in [6.07, 6.45) is 1.88. The Kier molecular flexibility index (Phi) is 3.52. The average Bonchev–Trinajstić information content (AvgIpc) is 2.16. The third-order valence-corrected chi connectivity index (χ3v) is 2.77. The van der Waals surface area contributed by atoms with Crippen molar-refractivity contribution in [1.29, 1.82) is 0 Å². The lowest BCUT2D eigenvalue weighted by molar-refractivity contribution is 0.339. The Hall–Kier alpha value is -1.03. The van der Waals surface area contributed by atoms with Crippen molar-refractivity contribution in [2.24, 2.45) is 0 Å². The quantitative estimate of drug-likeness (QED) is 0.784. The van der Waals surface area contributed by atoms with Crippen LogP contribution in [0.2, 0.25) is 0 Å². The third-order valence-electron chi connectivity index (χ3n) is 1.97. The Morgan fingerprint density at radius 2 is 1.79 bits per heavy atom. The van der Waals surface area contributed by atoms with Crippen molar-refractivity contribution >= 4 is 11.8 Å². The number of benzene rings is 1. The van der Waals surface area contributed by atoms with Crippen LogP contribution >= 0.6 is 11.8 Å². The van der Waals surface area contributed by atoms with Crippen molar-refractivity contribution in [3.8, 4) is 17.2 Å². The van der Waals surface area contributed by atoms with Gasteiger partial charge in [0.15, 0.2) is 11.5 Å². The number of hydrogen-bond acceptors (Lipinski definition) is 4. The van der Waals surface area contributed by atoms with Gasteiger partial charge in [-0.3, -0.25) is 0 Å². The number of aromatic hydroxyl groups is 1. The minimum atomic E-state index is 0.229. The second-order valence-electron chi connectivity index (χ2n) is 2.81. The molecule has 0 aromatic heterocycles. The minimum absolute atomic E-state index is 0.229. The summed E-state index contributed by atoms with van der Waals surface area (Å²) in [5.74, 6) is 1.50. The van der Waals surface area contributed by atoms with Crippen LogP contribution in [0.15, 0.2) is 11.0 Å². The molecule has 0 atom stereocenters. The van der Waals surface area contributed by atoms with E-state index in [4.69, 9.17) is 9.47 Å². The van der Waals surface area contributed by atoms with E-state index in [1.807, 2.05) is 13.2 Å². The molecule has 0 spiro atoms. The topological polar surface area (TPSA) is 38.7 Å². The summed E-state index contributed by atoms with van der Waals surface area (Å²) in [6.45, 7) is 1.87. The Balaban J connectivity index is 3.43. The fourth-order valence-electron chi connectivity index (χ4n) is 1.37. The maximum Gasteiger partial charge on any atom is 0.178 e. The van der Waals surface area contributed by atoms with E-state index in [1.54, 1.807) is 20.3 Å². The number of ether oxygens (including phenoxy) is 2. The van der Waals surface area contributed by atoms with Gasteiger partial charge in [-0.1, -0.05) is 0 Å². The van der Waals surface area contributed by atoms with E-state index in [1.165, 1.54) is 11.8 Å². The summed E-state index contributed by atoms with van der Waals surface area (Å²) >= 11 is 1.43. The van der Waals surface area contributed by atoms with Crippen LogP contribution < -0.4 is 9.47 Å². The van der Waals surface area contributed by atoms with Gasteiger partial charge in [-0.05, 0) is 24.8 Å². The molecule has 0 aliphatic carbocycles. The predicted octanol–water partition coefficient (Wildman–Crippen LogP) is 2.44. The first-order valence-electron chi connectivity index (χ1n) is 4.14. The number of phenolic OH excluding ortho intramolecular Hbond substituents is 1. The molecule has 14 heavy (non-hydrogen) atoms. The van der Waals surface area contributed by atoms with Crippen molar-refractivity contribution in [2.45, 2.75) is 11.8 Å². The Labute approximate surface area is 88.0 Å². The van der Waals surface area contributed by atoms with Gasteiger partial charge in [-0.25, -0.2) is 0 Å². The van der Waals surface area contributed by atoms with Crippen LogP contribution in [0.4, 0.5) is 0 Å². The highest BCUT2D eigenvalue weighted by molar-refractivity contribution is 7.98. The lowest BCUT2D eigenvalue weighted by atomic mass is 10.2. The average molecular weight is 214 g/mol. The molecule has 0 aliphatic heterocycles. The SMILES string of the molecule is COc1c(C)cc(O)c(SC)c1OC. The molecule has 3 nitrogen and oxygen atoms in total. The number of thioether (sulfide) groups is 1. The molecule has 1 aromatic carbocycles. The zero-order chi connectivity index (χ0) is 10.7. The van der Waals surface area contributed by atoms with E-state index >= 15 is 0 Å². The summed E-state index contributed by atoms with van der Waals surface area (Å²) in [4.78, 5) is 0.704. The highest BCUT2D eigenvalue weighted by atomic mass is 32.2. The molecule has 1 rings (SSSR count). The van der Waals surface area contributed by atoms with E-state index in [2.05, 4.69) is 0 Å². The Bertz CT molecular complexity index is 308. The first kappa shape index (κ1) is 11.0. The van der Waals surface area contributed by atoms with Crippen molar-refractivity contribution < 1.29 is 14.6 Å². The highest BCUT2D eigenvalue weighted by Crippen LogP contribution is 2.44. The molecule has 0 heterocycles. The zero-order valence-electron chi connectivity index (χ0n) is 8.75. The van der Waals surface area contributed by atoms with Gasteiger partial charge in [0.2, 0.25) is 0 Å². The molecule has 4 heteroatoms. The minimum Gasteiger partial charge on any atom is -0.507 e. The molecule has 1 aromatic rings. The predicted molar refractivity (Wildman–Crippen MR) is 57.7 cm³/mol. The van der Waals surface area contributed by atoms with Crippen molar-refractivity contribution in [3.05, 3.63) is 11.6 Å². The second-order valence-corrected chi connectivity index (χ2v) is 3.63. The molecule has 0 amide bonds. The summed E-state index contributed by atoms with van der Waals surface area (Å²) in [7, 11) is 3.16. The molecular formula is C10H14O3S. The van der Waals surface area contributed by atoms with E-state index < -0.39 is 0 Å². The molecule has 0 unspecified atom stereocenters. The number of rotatable bonds is 3. The van der Waals surface area contributed by atoms with Crippen LogP contribution in [0.3, 0.4) is 0 Å². The maximum atomic E-state index is 9.67. The van der Waals surface area contributed by atoms with E-state index in [0.717, 1.165) is 5.56 Å². The van der Waals surface area contributed by atoms with Gasteiger partial charge in [-0.15, -0.1) is 11.8 Å². The van der Waals surface area contributed by atoms with Gasteiger partial charge in [-0.2, -0.15) is 0 Å². The molecule has 0 radical (unpaired) electrons. The van der Waals surface area contributed by atoms with Gasteiger partial charge >= 0.3 is 0 Å². The van der Waals surface area contributed by atoms with Gasteiger partial charge in [0.25, 0.3) is 0 Å². The fraction of sp³-hybridized carbons (Fsp3) is 0.400. The smallest absolute Gasteiger partial charge is 0.178 e. The molecule has 1 N–H and O–H groups in total. The number of hydrogen-bond donors (Lipinski definition) is 1. The zero-order valence-corrected chi connectivity index (χ0v) is 9.57. The number of aryl methyl sites for hydroxylation is 1. The van der Waals surface area contributed by atoms with Crippen molar-refractivity contribution in [1.82, 2.24) is 0 Å². The third kappa shape index (κ3) is 1.75. The lowest BCUT2D eigenvalue weighted by Gasteiger charge is -2.14. The van der Waals surface area contributed by atoms with Crippen LogP contribution in [0.1, 0.15) is 5.56 Å². The van der Waals surface area contributed by atoms with Gasteiger partial charge in [0, 0.05) is 0 Å². The molecule has 0 bridgehead atoms. The summed E-state index contributed by atoms with van der Waals surface area (Å²) in [5, 5.41) is 9.67. The molecule has 0 saturated carbocycles. The normalized spacial score (nSPS) is 10.0. The standard InChI is InChI=1S/C10H14O3S/c1-6-5-7(11)10(14-4)9(13-3)8(6)12-2/h5,11H,1-4H3. The highest BCUT2D eigenvalue weighted by Gasteiger charge is 2.16. The molecule has 0 fully saturated rings. The maximum absolute atomic E-state index is 9.67. The Morgan fingerprint density at radius 1 is 1.21 bits per heavy atom. The number of methoxy groups -OCH3 is 2. The molecule has 0 aliphatic rings. The second kappa shape index (κ2) is 4.46. The summed E-state index contributed by atoms with van der Waals surface area (Å²) in [6, 6.07) is 1.67. The van der Waals surface area contributed by atoms with Crippen LogP contribution in [0.5, 0.6) is 17.2 Å². The molecular weight excluding hydrogens is 200 g/mol. The lowest BCUT2D eigenvalue weighted by Crippen LogP contribution is -1.95. The van der Waals surface area contributed by atoms with Crippen LogP contribution in [-0.2, 0) is 0 Å². The number of phenols is 1. The fourth-order valence-corrected chi connectivity index (χ4v) is 2.00. The Morgan fingerprint density at radius 3 is 2.21 bits per heavy atom. The monoisotopic (exact) mass is 214 g/mol.